The normalized spacial score (nSPS) is 10.9. The first-order chi connectivity index (χ1) is 14.0. The van der Waals surface area contributed by atoms with E-state index < -0.39 is 0 Å². The van der Waals surface area contributed by atoms with E-state index >= 15 is 0 Å². The van der Waals surface area contributed by atoms with E-state index in [4.69, 9.17) is 17.3 Å². The molecule has 5 heteroatoms. The van der Waals surface area contributed by atoms with Crippen molar-refractivity contribution < 1.29 is 9.36 Å². The highest BCUT2D eigenvalue weighted by molar-refractivity contribution is 6.31. The summed E-state index contributed by atoms with van der Waals surface area (Å²) in [4.78, 5) is 12.8. The average Bonchev–Trinajstić information content (AvgIpc) is 2.73. The Labute approximate surface area is 174 Å². The number of pyridine rings is 1. The molecule has 4 rings (SSSR count). The van der Waals surface area contributed by atoms with Gasteiger partial charge in [0.25, 0.3) is 5.91 Å². The van der Waals surface area contributed by atoms with Crippen molar-refractivity contribution in [3.63, 3.8) is 0 Å². The van der Waals surface area contributed by atoms with Gasteiger partial charge >= 0.3 is 0 Å². The Bertz CT molecular complexity index is 1220. The van der Waals surface area contributed by atoms with Crippen LogP contribution in [-0.2, 0) is 6.54 Å². The third-order valence-electron chi connectivity index (χ3n) is 4.84. The molecule has 1 aromatic heterocycles. The molecule has 29 heavy (non-hydrogen) atoms. The van der Waals surface area contributed by atoms with Gasteiger partial charge < -0.3 is 11.1 Å². The molecule has 0 unspecified atom stereocenters. The summed E-state index contributed by atoms with van der Waals surface area (Å²) < 4.78 is 2.07. The van der Waals surface area contributed by atoms with Crippen molar-refractivity contribution >= 4 is 34.1 Å². The van der Waals surface area contributed by atoms with Crippen LogP contribution in [0.1, 0.15) is 21.5 Å². The second kappa shape index (κ2) is 8.03. The predicted octanol–water partition coefficient (Wildman–Crippen LogP) is 4.79. The highest BCUT2D eigenvalue weighted by atomic mass is 35.5. The lowest BCUT2D eigenvalue weighted by molar-refractivity contribution is -0.566. The molecule has 0 radical (unpaired) electrons. The van der Waals surface area contributed by atoms with Gasteiger partial charge in [-0.3, -0.25) is 4.79 Å². The number of anilines is 1. The summed E-state index contributed by atoms with van der Waals surface area (Å²) in [5.74, 6) is -0.203. The van der Waals surface area contributed by atoms with Gasteiger partial charge in [0.2, 0.25) is 11.2 Å². The van der Waals surface area contributed by atoms with Crippen molar-refractivity contribution in [1.29, 1.82) is 0 Å². The molecular formula is C24H21ClN3O+. The summed E-state index contributed by atoms with van der Waals surface area (Å²) in [7, 11) is 0. The lowest BCUT2D eigenvalue weighted by Gasteiger charge is -2.10. The van der Waals surface area contributed by atoms with Gasteiger partial charge in [-0.15, -0.1) is 0 Å². The molecule has 0 bridgehead atoms. The molecule has 4 aromatic rings. The van der Waals surface area contributed by atoms with Crippen LogP contribution in [0.5, 0.6) is 0 Å². The van der Waals surface area contributed by atoms with Crippen molar-refractivity contribution in [2.75, 3.05) is 5.32 Å². The molecule has 0 saturated carbocycles. The molecule has 3 N–H and O–H groups in total. The van der Waals surface area contributed by atoms with Crippen molar-refractivity contribution in [1.82, 2.24) is 0 Å². The van der Waals surface area contributed by atoms with E-state index in [1.807, 2.05) is 43.5 Å². The van der Waals surface area contributed by atoms with E-state index in [9.17, 15) is 4.79 Å². The fourth-order valence-electron chi connectivity index (χ4n) is 3.39. The number of halogens is 1. The second-order valence-electron chi connectivity index (χ2n) is 6.96. The van der Waals surface area contributed by atoms with E-state index in [-0.39, 0.29) is 5.91 Å². The van der Waals surface area contributed by atoms with Crippen molar-refractivity contribution in [2.45, 2.75) is 13.5 Å². The third kappa shape index (κ3) is 3.99. The molecule has 144 valence electrons. The maximum absolute atomic E-state index is 12.8. The van der Waals surface area contributed by atoms with Crippen LogP contribution in [0.15, 0.2) is 79.0 Å². The van der Waals surface area contributed by atoms with Crippen LogP contribution in [-0.4, -0.2) is 5.91 Å². The van der Waals surface area contributed by atoms with Crippen LogP contribution in [0, 0.1) is 6.92 Å². The summed E-state index contributed by atoms with van der Waals surface area (Å²) in [5, 5.41) is 4.66. The van der Waals surface area contributed by atoms with Gasteiger partial charge in [-0.2, -0.15) is 4.57 Å². The van der Waals surface area contributed by atoms with Gasteiger partial charge in [-0.1, -0.05) is 29.8 Å². The molecule has 0 aliphatic carbocycles. The molecule has 3 aromatic carbocycles. The fraction of sp³-hybridized carbons (Fsp3) is 0.0833. The molecular weight excluding hydrogens is 382 g/mol. The minimum atomic E-state index is -0.203. The van der Waals surface area contributed by atoms with E-state index in [1.54, 1.807) is 24.3 Å². The number of carbonyl (C=O) groups is 1. The smallest absolute Gasteiger partial charge is 0.255 e. The summed E-state index contributed by atoms with van der Waals surface area (Å²) in [6.07, 6.45) is 1.99. The molecule has 1 amide bonds. The first-order valence-electron chi connectivity index (χ1n) is 9.36. The van der Waals surface area contributed by atoms with E-state index in [0.717, 1.165) is 33.4 Å². The molecule has 0 aliphatic heterocycles. The number of amides is 1. The Morgan fingerprint density at radius 3 is 2.69 bits per heavy atom. The second-order valence-corrected chi connectivity index (χ2v) is 7.40. The van der Waals surface area contributed by atoms with Crippen LogP contribution in [0.25, 0.3) is 16.6 Å². The van der Waals surface area contributed by atoms with Crippen LogP contribution < -0.4 is 15.6 Å². The average molecular weight is 403 g/mol. The number of aromatic nitrogens is 1. The molecule has 0 atom stereocenters. The van der Waals surface area contributed by atoms with Crippen LogP contribution in [0.3, 0.4) is 0 Å². The van der Waals surface area contributed by atoms with E-state index in [2.05, 4.69) is 28.1 Å². The first kappa shape index (κ1) is 19.1. The Kier molecular flexibility index (Phi) is 5.30. The SMILES string of the molecule is Cc1ccc(-[n+]2cccc3cc(CN)ccc32)c(NC(=O)c2cccc(Cl)c2)c1. The van der Waals surface area contributed by atoms with Gasteiger partial charge in [0.05, 0.1) is 0 Å². The highest BCUT2D eigenvalue weighted by Gasteiger charge is 2.19. The topological polar surface area (TPSA) is 59.0 Å². The Balaban J connectivity index is 1.80. The molecule has 0 aliphatic rings. The van der Waals surface area contributed by atoms with Crippen molar-refractivity contribution in [3.05, 3.63) is 101 Å². The van der Waals surface area contributed by atoms with Gasteiger partial charge in [-0.25, -0.2) is 0 Å². The summed E-state index contributed by atoms with van der Waals surface area (Å²) >= 11 is 6.04. The number of aryl methyl sites for hydroxylation is 1. The third-order valence-corrected chi connectivity index (χ3v) is 5.08. The van der Waals surface area contributed by atoms with Gasteiger partial charge in [-0.05, 0) is 54.4 Å². The Morgan fingerprint density at radius 2 is 1.90 bits per heavy atom. The van der Waals surface area contributed by atoms with Crippen LogP contribution in [0.4, 0.5) is 5.69 Å². The molecule has 0 fully saturated rings. The Hall–Kier alpha value is -3.21. The number of fused-ring (bicyclic) bond motifs is 1. The lowest BCUT2D eigenvalue weighted by Crippen LogP contribution is -2.32. The maximum Gasteiger partial charge on any atom is 0.255 e. The standard InChI is InChI=1S/C24H20ClN3O/c1-16-7-9-23(21(12-16)27-24(29)19-4-2-6-20(25)14-19)28-11-3-5-18-13-17(15-26)8-10-22(18)28/h2-14H,15,26H2,1H3/p+1. The van der Waals surface area contributed by atoms with Crippen LogP contribution in [0.2, 0.25) is 5.02 Å². The van der Waals surface area contributed by atoms with Crippen LogP contribution >= 0.6 is 11.6 Å². The zero-order valence-corrected chi connectivity index (χ0v) is 16.8. The zero-order chi connectivity index (χ0) is 20.4. The number of hydrogen-bond acceptors (Lipinski definition) is 2. The van der Waals surface area contributed by atoms with Gasteiger partial charge in [0.15, 0.2) is 6.20 Å². The summed E-state index contributed by atoms with van der Waals surface area (Å²) in [6, 6.07) is 23.2. The number of rotatable bonds is 4. The largest absolute Gasteiger partial charge is 0.326 e. The highest BCUT2D eigenvalue weighted by Crippen LogP contribution is 2.22. The number of hydrogen-bond donors (Lipinski definition) is 2. The zero-order valence-electron chi connectivity index (χ0n) is 16.0. The minimum absolute atomic E-state index is 0.203. The monoisotopic (exact) mass is 402 g/mol. The number of nitrogens with one attached hydrogen (secondary N) is 1. The number of nitrogens with two attached hydrogens (primary N) is 1. The molecule has 0 saturated heterocycles. The number of carbonyl (C=O) groups excluding carboxylic acids is 1. The Morgan fingerprint density at radius 1 is 1.03 bits per heavy atom. The minimum Gasteiger partial charge on any atom is -0.326 e. The first-order valence-corrected chi connectivity index (χ1v) is 9.74. The summed E-state index contributed by atoms with van der Waals surface area (Å²) in [5.41, 5.74) is 11.1. The predicted molar refractivity (Wildman–Crippen MR) is 118 cm³/mol. The fourth-order valence-corrected chi connectivity index (χ4v) is 3.58. The van der Waals surface area contributed by atoms with Gasteiger partial charge in [0, 0.05) is 40.7 Å². The quantitative estimate of drug-likeness (QED) is 0.482. The van der Waals surface area contributed by atoms with Gasteiger partial charge in [0.1, 0.15) is 5.69 Å². The maximum atomic E-state index is 12.8. The summed E-state index contributed by atoms with van der Waals surface area (Å²) in [6.45, 7) is 2.50. The number of nitrogens with zero attached hydrogens (tertiary/aromatic N) is 1. The molecule has 1 heterocycles. The lowest BCUT2D eigenvalue weighted by atomic mass is 10.1. The van der Waals surface area contributed by atoms with Crippen molar-refractivity contribution in [3.8, 4) is 5.69 Å². The molecule has 4 nitrogen and oxygen atoms in total. The number of benzene rings is 3. The van der Waals surface area contributed by atoms with Crippen molar-refractivity contribution in [2.24, 2.45) is 5.73 Å². The van der Waals surface area contributed by atoms with E-state index in [0.29, 0.717) is 17.1 Å². The van der Waals surface area contributed by atoms with E-state index in [1.165, 1.54) is 0 Å². The molecule has 0 spiro atoms.